The van der Waals surface area contributed by atoms with Crippen LogP contribution in [0.1, 0.15) is 201 Å². The summed E-state index contributed by atoms with van der Waals surface area (Å²) in [5.74, 6) is -13.7. The van der Waals surface area contributed by atoms with Gasteiger partial charge in [0.05, 0.1) is 19.1 Å². The van der Waals surface area contributed by atoms with Crippen molar-refractivity contribution < 1.29 is 67.1 Å². The fraction of sp³-hybridized carbons (Fsp3) is 0.778. The number of aliphatic imine (C=N–C) groups is 2. The van der Waals surface area contributed by atoms with Crippen LogP contribution in [0, 0.1) is 47.3 Å². The molecule has 29 N–H and O–H groups in total. The summed E-state index contributed by atoms with van der Waals surface area (Å²) in [4.78, 5) is 202. The van der Waals surface area contributed by atoms with Crippen LogP contribution in [0.25, 0.3) is 0 Å². The lowest BCUT2D eigenvalue weighted by molar-refractivity contribution is -0.136. The molecule has 0 aromatic heterocycles. The number of rotatable bonds is 55. The average Bonchev–Trinajstić information content (AvgIpc) is 0.860. The third-order valence-corrected chi connectivity index (χ3v) is 17.3. The Morgan fingerprint density at radius 3 is 0.844 bits per heavy atom. The Bertz CT molecular complexity index is 2970. The first-order chi connectivity index (χ1) is 50.9. The standard InChI is InChI=1S/C72H137N23O14/c1-37(2)31-49(90-69(108)56(42(11)12)93-60(99)45(75)23-17-19-27-73)61(100)83-35-54(97)86-47(26-22-30-82-72(79)80)64(103)89-52(34-40(7)8)67(106)95-57(43(13)14)68(107)87-48(24-18-20-28-74)65(104)94-58(44(15)16)70(109)91-50(32-38(3)4)62(101)84-36-53(96)85-46(25-21-29-81-71(77)78)63(102)88-51(33-39(5)6)66(105)92-55(41(9)10)59(76)98/h37-52,55-58H,17-36,73-75H2,1-16H3,(H2,76,98)(H,83,100)(H,84,101)(H,85,96)(H,86,97)(H,87,107)(H,88,102)(H,89,103)(H,90,108)(H,91,109)(H,92,105)(H,93,99)(H,94,104)(H,95,106)(H4,77,78,81)(H4,79,80,82)/t45-,46+,47+,48-,49+,50+,51+,52+,55+,56+,57+,58+/m1/s1. The highest BCUT2D eigenvalue weighted by molar-refractivity contribution is 5.99. The molecule has 0 saturated heterocycles. The number of hydrogen-bond donors (Lipinski definition) is 21. The second-order valence-corrected chi connectivity index (χ2v) is 30.9. The largest absolute Gasteiger partial charge is 0.370 e. The van der Waals surface area contributed by atoms with Crippen LogP contribution in [0.2, 0.25) is 0 Å². The summed E-state index contributed by atoms with van der Waals surface area (Å²) in [5, 5.41) is 34.7. The maximum atomic E-state index is 14.5. The predicted octanol–water partition coefficient (Wildman–Crippen LogP) is -3.46. The van der Waals surface area contributed by atoms with Crippen molar-refractivity contribution in [3.05, 3.63) is 0 Å². The third kappa shape index (κ3) is 42.0. The number of nitrogens with zero attached hydrogens (tertiary/aromatic N) is 2. The van der Waals surface area contributed by atoms with Gasteiger partial charge in [-0.25, -0.2) is 0 Å². The summed E-state index contributed by atoms with van der Waals surface area (Å²) < 4.78 is 0. The Hall–Kier alpha value is -9.00. The van der Waals surface area contributed by atoms with Crippen LogP contribution < -0.4 is 115 Å². The molecule has 37 nitrogen and oxygen atoms in total. The minimum absolute atomic E-state index is 0.0203. The molecule has 0 aromatic rings. The number of carbonyl (C=O) groups excluding carboxylic acids is 14. The molecule has 109 heavy (non-hydrogen) atoms. The summed E-state index contributed by atoms with van der Waals surface area (Å²) in [6.07, 6.45) is 3.06. The third-order valence-electron chi connectivity index (χ3n) is 17.3. The van der Waals surface area contributed by atoms with Crippen molar-refractivity contribution >= 4 is 94.6 Å². The molecule has 14 amide bonds. The molecule has 0 aliphatic carbocycles. The second kappa shape index (κ2) is 53.0. The van der Waals surface area contributed by atoms with Gasteiger partial charge in [0.25, 0.3) is 0 Å². The zero-order chi connectivity index (χ0) is 83.5. The first kappa shape index (κ1) is 100. The van der Waals surface area contributed by atoms with E-state index in [1.165, 1.54) is 0 Å². The van der Waals surface area contributed by atoms with Crippen molar-refractivity contribution in [3.8, 4) is 0 Å². The van der Waals surface area contributed by atoms with Gasteiger partial charge in [0.1, 0.15) is 66.5 Å². The van der Waals surface area contributed by atoms with Gasteiger partial charge in [-0.3, -0.25) is 77.1 Å². The summed E-state index contributed by atoms with van der Waals surface area (Å²) in [7, 11) is 0. The molecular formula is C72H137N23O14. The van der Waals surface area contributed by atoms with E-state index in [1.807, 2.05) is 27.7 Å². The fourth-order valence-electron chi connectivity index (χ4n) is 11.4. The molecular weight excluding hydrogens is 1410 g/mol. The smallest absolute Gasteiger partial charge is 0.243 e. The first-order valence-corrected chi connectivity index (χ1v) is 38.3. The molecule has 624 valence electrons. The highest BCUT2D eigenvalue weighted by atomic mass is 16.2. The molecule has 12 atom stereocenters. The molecule has 0 unspecified atom stereocenters. The quantitative estimate of drug-likeness (QED) is 0.0160. The summed E-state index contributed by atoms with van der Waals surface area (Å²) in [5.41, 5.74) is 45.2. The number of nitrogens with one attached hydrogen (secondary N) is 13. The Labute approximate surface area is 644 Å². The Morgan fingerprint density at radius 1 is 0.284 bits per heavy atom. The zero-order valence-corrected chi connectivity index (χ0v) is 67.4. The Morgan fingerprint density at radius 2 is 0.541 bits per heavy atom. The van der Waals surface area contributed by atoms with E-state index in [0.29, 0.717) is 38.6 Å². The highest BCUT2D eigenvalue weighted by Gasteiger charge is 2.38. The lowest BCUT2D eigenvalue weighted by atomic mass is 9.98. The van der Waals surface area contributed by atoms with Crippen LogP contribution in [-0.2, 0) is 67.1 Å². The summed E-state index contributed by atoms with van der Waals surface area (Å²) in [6, 6.07) is -14.4. The van der Waals surface area contributed by atoms with Crippen molar-refractivity contribution in [3.63, 3.8) is 0 Å². The van der Waals surface area contributed by atoms with Gasteiger partial charge in [-0.1, -0.05) is 117 Å². The Balaban J connectivity index is 6.80. The van der Waals surface area contributed by atoms with E-state index in [-0.39, 0.29) is 119 Å². The van der Waals surface area contributed by atoms with Gasteiger partial charge in [0, 0.05) is 13.1 Å². The van der Waals surface area contributed by atoms with Gasteiger partial charge in [-0.05, 0) is 144 Å². The molecule has 0 spiro atoms. The molecule has 0 aliphatic heterocycles. The minimum Gasteiger partial charge on any atom is -0.370 e. The van der Waals surface area contributed by atoms with Crippen molar-refractivity contribution in [2.75, 3.05) is 39.3 Å². The molecule has 0 rings (SSSR count). The van der Waals surface area contributed by atoms with Gasteiger partial charge in [0.15, 0.2) is 11.9 Å². The Kier molecular flexibility index (Phi) is 48.6. The normalized spacial score (nSPS) is 14.7. The monoisotopic (exact) mass is 1550 g/mol. The average molecular weight is 1550 g/mol. The first-order valence-electron chi connectivity index (χ1n) is 38.3. The second-order valence-electron chi connectivity index (χ2n) is 30.9. The number of primary amides is 1. The lowest BCUT2D eigenvalue weighted by Gasteiger charge is -2.30. The molecule has 0 radical (unpaired) electrons. The number of carbonyl (C=O) groups is 14. The van der Waals surface area contributed by atoms with E-state index in [9.17, 15) is 67.1 Å². The van der Waals surface area contributed by atoms with Crippen LogP contribution >= 0.6 is 0 Å². The number of amides is 14. The van der Waals surface area contributed by atoms with E-state index in [4.69, 9.17) is 45.9 Å². The van der Waals surface area contributed by atoms with E-state index >= 15 is 0 Å². The van der Waals surface area contributed by atoms with Crippen LogP contribution in [0.15, 0.2) is 9.98 Å². The van der Waals surface area contributed by atoms with Crippen LogP contribution in [0.5, 0.6) is 0 Å². The maximum absolute atomic E-state index is 14.5. The number of nitrogens with two attached hydrogens (primary N) is 8. The number of guanidine groups is 2. The summed E-state index contributed by atoms with van der Waals surface area (Å²) in [6.45, 7) is 27.3. The van der Waals surface area contributed by atoms with Crippen LogP contribution in [0.3, 0.4) is 0 Å². The van der Waals surface area contributed by atoms with Crippen molar-refractivity contribution in [1.29, 1.82) is 0 Å². The molecule has 0 aliphatic rings. The lowest BCUT2D eigenvalue weighted by Crippen LogP contribution is -2.61. The minimum atomic E-state index is -1.34. The van der Waals surface area contributed by atoms with Gasteiger partial charge in [0.2, 0.25) is 82.7 Å². The maximum Gasteiger partial charge on any atom is 0.243 e. The van der Waals surface area contributed by atoms with E-state index in [0.717, 1.165) is 0 Å². The molecule has 37 heteroatoms. The van der Waals surface area contributed by atoms with Crippen molar-refractivity contribution in [2.45, 2.75) is 273 Å². The topological polar surface area (TPSA) is 628 Å². The van der Waals surface area contributed by atoms with Crippen LogP contribution in [-0.4, -0.2) is 206 Å². The van der Waals surface area contributed by atoms with Crippen molar-refractivity contribution in [1.82, 2.24) is 69.1 Å². The van der Waals surface area contributed by atoms with Gasteiger partial charge in [-0.15, -0.1) is 0 Å². The molecule has 0 bridgehead atoms. The van der Waals surface area contributed by atoms with Gasteiger partial charge < -0.3 is 115 Å². The van der Waals surface area contributed by atoms with Gasteiger partial charge in [-0.2, -0.15) is 0 Å². The predicted molar refractivity (Wildman–Crippen MR) is 417 cm³/mol. The van der Waals surface area contributed by atoms with Crippen LogP contribution in [0.4, 0.5) is 0 Å². The van der Waals surface area contributed by atoms with E-state index in [1.54, 1.807) is 83.1 Å². The van der Waals surface area contributed by atoms with Crippen molar-refractivity contribution in [2.24, 2.45) is 103 Å². The zero-order valence-electron chi connectivity index (χ0n) is 67.4. The van der Waals surface area contributed by atoms with Gasteiger partial charge >= 0.3 is 0 Å². The number of unbranched alkanes of at least 4 members (excludes halogenated alkanes) is 2. The molecule has 0 saturated carbocycles. The van der Waals surface area contributed by atoms with E-state index < -0.39 is 186 Å². The highest BCUT2D eigenvalue weighted by Crippen LogP contribution is 2.16. The van der Waals surface area contributed by atoms with E-state index in [2.05, 4.69) is 79.1 Å². The molecule has 0 heterocycles. The fourth-order valence-corrected chi connectivity index (χ4v) is 11.4. The number of hydrogen-bond acceptors (Lipinski definition) is 19. The molecule has 0 aromatic carbocycles. The molecule has 0 fully saturated rings. The SMILES string of the molecule is CC(C)C[C@H](NC(=O)[C@H](CCCN=C(N)N)NC(=O)CNC(=O)[C@H](CC(C)C)NC(=O)[C@@H](NC(=O)[C@@H](CCCCN)NC(=O)[C@@H](NC(=O)[C@H](CC(C)C)NC(=O)[C@H](CCCN=C(N)N)NC(=O)CNC(=O)[C@H](CC(C)C)NC(=O)[C@@H](NC(=O)[C@H](N)CCCCN)C(C)C)C(C)C)C(C)C)C(=O)N[C@H](C(N)=O)C(C)C. The summed E-state index contributed by atoms with van der Waals surface area (Å²) >= 11 is 0.